The fourth-order valence-corrected chi connectivity index (χ4v) is 3.08. The lowest BCUT2D eigenvalue weighted by Gasteiger charge is -2.11. The number of hydrogen-bond acceptors (Lipinski definition) is 10. The van der Waals surface area contributed by atoms with E-state index in [1.54, 1.807) is 24.3 Å². The summed E-state index contributed by atoms with van der Waals surface area (Å²) in [6.45, 7) is 0.481. The standard InChI is InChI=1S/C26H26O10/c27-23-19-7-1-3-9-21(19)25(29)35-17-15-31-13-14-32-16-18-36-26(30)22-10-4-2-8-20(22)24(28)34-12-6-5-11-33-23/h1-10H,11-18H2/b6-5+. The third kappa shape index (κ3) is 8.03. The van der Waals surface area contributed by atoms with Crippen LogP contribution in [0.15, 0.2) is 60.7 Å². The molecule has 0 radical (unpaired) electrons. The van der Waals surface area contributed by atoms with Gasteiger partial charge in [0, 0.05) is 0 Å². The summed E-state index contributed by atoms with van der Waals surface area (Å²) in [5.41, 5.74) is 0.280. The van der Waals surface area contributed by atoms with Crippen molar-refractivity contribution >= 4 is 23.9 Å². The number of fused-ring (bicyclic) bond motifs is 2. The van der Waals surface area contributed by atoms with Gasteiger partial charge in [0.05, 0.1) is 48.7 Å². The second-order valence-corrected chi connectivity index (χ2v) is 7.26. The molecule has 10 nitrogen and oxygen atoms in total. The van der Waals surface area contributed by atoms with Crippen molar-refractivity contribution in [3.63, 3.8) is 0 Å². The Labute approximate surface area is 207 Å². The Morgan fingerprint density at radius 2 is 0.722 bits per heavy atom. The van der Waals surface area contributed by atoms with Crippen LogP contribution < -0.4 is 0 Å². The molecule has 0 N–H and O–H groups in total. The van der Waals surface area contributed by atoms with E-state index in [4.69, 9.17) is 28.4 Å². The van der Waals surface area contributed by atoms with Gasteiger partial charge in [-0.25, -0.2) is 19.2 Å². The molecule has 0 saturated heterocycles. The van der Waals surface area contributed by atoms with Crippen molar-refractivity contribution in [1.82, 2.24) is 0 Å². The van der Waals surface area contributed by atoms with Crippen LogP contribution in [-0.2, 0) is 28.4 Å². The molecule has 0 fully saturated rings. The minimum Gasteiger partial charge on any atom is -0.460 e. The number of esters is 4. The normalized spacial score (nSPS) is 18.2. The van der Waals surface area contributed by atoms with Gasteiger partial charge in [-0.3, -0.25) is 0 Å². The average Bonchev–Trinajstić information content (AvgIpc) is 2.90. The van der Waals surface area contributed by atoms with Gasteiger partial charge in [0.25, 0.3) is 0 Å². The van der Waals surface area contributed by atoms with Crippen LogP contribution in [0.4, 0.5) is 0 Å². The first-order valence-electron chi connectivity index (χ1n) is 11.2. The van der Waals surface area contributed by atoms with Crippen LogP contribution >= 0.6 is 0 Å². The lowest BCUT2D eigenvalue weighted by Crippen LogP contribution is -2.18. The van der Waals surface area contributed by atoms with Crippen LogP contribution in [0.3, 0.4) is 0 Å². The van der Waals surface area contributed by atoms with E-state index < -0.39 is 23.9 Å². The molecule has 0 atom stereocenters. The number of benzene rings is 2. The minimum atomic E-state index is -0.709. The van der Waals surface area contributed by atoms with E-state index in [2.05, 4.69) is 0 Å². The van der Waals surface area contributed by atoms with E-state index in [9.17, 15) is 19.2 Å². The largest absolute Gasteiger partial charge is 0.460 e. The lowest BCUT2D eigenvalue weighted by atomic mass is 10.1. The van der Waals surface area contributed by atoms with Crippen molar-refractivity contribution in [2.75, 3.05) is 52.9 Å². The molecule has 0 saturated carbocycles. The average molecular weight is 498 g/mol. The molecular formula is C26H26O10. The molecule has 0 aromatic heterocycles. The van der Waals surface area contributed by atoms with Crippen molar-refractivity contribution in [1.29, 1.82) is 0 Å². The maximum absolute atomic E-state index is 12.4. The van der Waals surface area contributed by atoms with Crippen molar-refractivity contribution in [3.05, 3.63) is 82.9 Å². The predicted molar refractivity (Wildman–Crippen MR) is 125 cm³/mol. The van der Waals surface area contributed by atoms with Crippen molar-refractivity contribution in [2.45, 2.75) is 0 Å². The highest BCUT2D eigenvalue weighted by molar-refractivity contribution is 6.03. The third-order valence-corrected chi connectivity index (χ3v) is 4.82. The van der Waals surface area contributed by atoms with Gasteiger partial charge in [-0.1, -0.05) is 24.3 Å². The van der Waals surface area contributed by atoms with Gasteiger partial charge in [-0.2, -0.15) is 0 Å². The number of ether oxygens (including phenoxy) is 6. The zero-order chi connectivity index (χ0) is 25.6. The molecule has 2 aromatic carbocycles. The first-order chi connectivity index (χ1) is 17.6. The summed E-state index contributed by atoms with van der Waals surface area (Å²) in [6, 6.07) is 12.3. The molecule has 1 heterocycles. The van der Waals surface area contributed by atoms with Gasteiger partial charge in [0.1, 0.15) is 26.4 Å². The van der Waals surface area contributed by atoms with Crippen LogP contribution in [0.2, 0.25) is 0 Å². The Hall–Kier alpha value is -4.02. The van der Waals surface area contributed by atoms with Gasteiger partial charge >= 0.3 is 23.9 Å². The number of hydrogen-bond donors (Lipinski definition) is 0. The first-order valence-corrected chi connectivity index (χ1v) is 11.2. The van der Waals surface area contributed by atoms with Crippen LogP contribution in [0, 0.1) is 0 Å². The third-order valence-electron chi connectivity index (χ3n) is 4.82. The Morgan fingerprint density at radius 1 is 0.417 bits per heavy atom. The van der Waals surface area contributed by atoms with Gasteiger partial charge < -0.3 is 28.4 Å². The highest BCUT2D eigenvalue weighted by atomic mass is 16.6. The molecule has 0 unspecified atom stereocenters. The van der Waals surface area contributed by atoms with E-state index in [0.717, 1.165) is 0 Å². The van der Waals surface area contributed by atoms with E-state index >= 15 is 0 Å². The van der Waals surface area contributed by atoms with Crippen LogP contribution in [0.25, 0.3) is 0 Å². The predicted octanol–water partition coefficient (Wildman–Crippen LogP) is 2.62. The minimum absolute atomic E-state index is 0.0132. The smallest absolute Gasteiger partial charge is 0.339 e. The SMILES string of the molecule is O=C1OC/C=C/COC(=O)c2ccccc2C(=O)OCCOCCOCCOC(=O)c2ccccc21. The molecule has 1 aliphatic rings. The molecule has 190 valence electrons. The molecule has 10 heteroatoms. The molecule has 0 spiro atoms. The Morgan fingerprint density at radius 3 is 1.08 bits per heavy atom. The molecule has 2 aromatic rings. The highest BCUT2D eigenvalue weighted by Crippen LogP contribution is 2.13. The molecule has 36 heavy (non-hydrogen) atoms. The second kappa shape index (κ2) is 14.4. The maximum atomic E-state index is 12.4. The topological polar surface area (TPSA) is 124 Å². The van der Waals surface area contributed by atoms with Crippen molar-refractivity contribution in [3.8, 4) is 0 Å². The summed E-state index contributed by atoms with van der Waals surface area (Å²) in [5, 5.41) is 0. The summed E-state index contributed by atoms with van der Waals surface area (Å²) in [4.78, 5) is 49.7. The van der Waals surface area contributed by atoms with Crippen LogP contribution in [-0.4, -0.2) is 76.7 Å². The monoisotopic (exact) mass is 498 g/mol. The summed E-state index contributed by atoms with van der Waals surface area (Å²) in [5.74, 6) is -2.78. The molecule has 3 rings (SSSR count). The molecule has 0 bridgehead atoms. The number of cyclic esters (lactones) is 4. The van der Waals surface area contributed by atoms with Crippen LogP contribution in [0.1, 0.15) is 41.4 Å². The quantitative estimate of drug-likeness (QED) is 0.304. The van der Waals surface area contributed by atoms with Gasteiger partial charge in [0.15, 0.2) is 0 Å². The van der Waals surface area contributed by atoms with Gasteiger partial charge in [-0.15, -0.1) is 0 Å². The van der Waals surface area contributed by atoms with Crippen molar-refractivity contribution in [2.24, 2.45) is 0 Å². The summed E-state index contributed by atoms with van der Waals surface area (Å²) in [7, 11) is 0. The first kappa shape index (κ1) is 26.6. The fraction of sp³-hybridized carbons (Fsp3) is 0.308. The van der Waals surface area contributed by atoms with E-state index in [1.807, 2.05) is 0 Å². The number of carbonyl (C=O) groups is 4. The highest BCUT2D eigenvalue weighted by Gasteiger charge is 2.20. The fourth-order valence-electron chi connectivity index (χ4n) is 3.08. The zero-order valence-electron chi connectivity index (χ0n) is 19.5. The number of carbonyl (C=O) groups excluding carboxylic acids is 4. The van der Waals surface area contributed by atoms with E-state index in [0.29, 0.717) is 0 Å². The molecule has 0 amide bonds. The number of rotatable bonds is 0. The van der Waals surface area contributed by atoms with Gasteiger partial charge in [0.2, 0.25) is 0 Å². The Kier molecular flexibility index (Phi) is 10.6. The zero-order valence-corrected chi connectivity index (χ0v) is 19.5. The van der Waals surface area contributed by atoms with E-state index in [-0.39, 0.29) is 75.1 Å². The Balaban J connectivity index is 1.66. The molecular weight excluding hydrogens is 472 g/mol. The molecule has 0 aliphatic carbocycles. The van der Waals surface area contributed by atoms with E-state index in [1.165, 1.54) is 36.4 Å². The summed E-state index contributed by atoms with van der Waals surface area (Å²) in [6.07, 6.45) is 2.98. The summed E-state index contributed by atoms with van der Waals surface area (Å²) >= 11 is 0. The lowest BCUT2D eigenvalue weighted by molar-refractivity contribution is 0.00216. The van der Waals surface area contributed by atoms with Crippen LogP contribution in [0.5, 0.6) is 0 Å². The second-order valence-electron chi connectivity index (χ2n) is 7.26. The summed E-state index contributed by atoms with van der Waals surface area (Å²) < 4.78 is 31.4. The molecule has 1 aliphatic heterocycles. The van der Waals surface area contributed by atoms with Crippen molar-refractivity contribution < 1.29 is 47.6 Å². The Bertz CT molecular complexity index is 1010. The maximum Gasteiger partial charge on any atom is 0.339 e. The van der Waals surface area contributed by atoms with Gasteiger partial charge in [-0.05, 0) is 36.4 Å².